The fraction of sp³-hybridized carbons (Fsp3) is 0.286. The van der Waals surface area contributed by atoms with Crippen molar-refractivity contribution < 1.29 is 53.3 Å². The van der Waals surface area contributed by atoms with Crippen LogP contribution in [-0.2, 0) is 43.5 Å². The summed E-state index contributed by atoms with van der Waals surface area (Å²) in [5.41, 5.74) is 2.19. The van der Waals surface area contributed by atoms with Crippen molar-refractivity contribution in [3.8, 4) is 33.8 Å². The van der Waals surface area contributed by atoms with Crippen LogP contribution in [-0.4, -0.2) is 82.5 Å². The van der Waals surface area contributed by atoms with Crippen molar-refractivity contribution in [2.45, 2.75) is 65.6 Å². The van der Waals surface area contributed by atoms with Crippen LogP contribution in [0.5, 0.6) is 0 Å². The quantitative estimate of drug-likeness (QED) is 0.0638. The first kappa shape index (κ1) is 61.8. The molecule has 1 fully saturated rings. The fourth-order valence-electron chi connectivity index (χ4n) is 8.56. The summed E-state index contributed by atoms with van der Waals surface area (Å²) < 4.78 is 109. The van der Waals surface area contributed by atoms with E-state index in [0.717, 1.165) is 29.2 Å². The summed E-state index contributed by atoms with van der Waals surface area (Å²) in [6.45, 7) is 11.1. The van der Waals surface area contributed by atoms with E-state index in [1.807, 2.05) is 50.3 Å². The van der Waals surface area contributed by atoms with E-state index in [1.54, 1.807) is 75.2 Å². The van der Waals surface area contributed by atoms with Gasteiger partial charge in [0.15, 0.2) is 11.6 Å². The highest BCUT2D eigenvalue weighted by Gasteiger charge is 2.53. The maximum atomic E-state index is 13.5. The number of carbonyl (C=O) groups excluding carboxylic acids is 2. The van der Waals surface area contributed by atoms with Gasteiger partial charge < -0.3 is 27.3 Å². The molecule has 0 aliphatic carbocycles. The summed E-state index contributed by atoms with van der Waals surface area (Å²) in [6.07, 6.45) is 5.90. The predicted molar refractivity (Wildman–Crippen MR) is 325 cm³/mol. The Morgan fingerprint density at radius 2 is 1.02 bits per heavy atom. The maximum Gasteiger partial charge on any atom is 0.497 e. The van der Waals surface area contributed by atoms with Gasteiger partial charge in [-0.05, 0) is 155 Å². The van der Waals surface area contributed by atoms with Gasteiger partial charge in [-0.15, -0.1) is 0 Å². The number of anilines is 2. The van der Waals surface area contributed by atoms with E-state index in [9.17, 15) is 44.8 Å². The van der Waals surface area contributed by atoms with Crippen LogP contribution in [0.2, 0.25) is 0 Å². The number of rotatable bonds is 12. The van der Waals surface area contributed by atoms with Crippen molar-refractivity contribution >= 4 is 132 Å². The van der Waals surface area contributed by atoms with Crippen LogP contribution in [0.1, 0.15) is 75.1 Å². The van der Waals surface area contributed by atoms with Crippen LogP contribution in [0.15, 0.2) is 125 Å². The SMILES string of the molecule is CCC(=O)c1c(-c2ccc(F)cc2)oc2cc(N(C)S(C)(=O)=O)c(-c3cc(Br)cn(C)c3=O)cc12.CCC(=O)c1c(-c2ccc(F)cc2)oc2cc(N(C)S(C)(=O)=O)c(B3OC(C)(C)C(C)(C)O3)cc12.Cn1cc(Br)cc(I)c1=O. The highest BCUT2D eigenvalue weighted by Crippen LogP contribution is 2.43. The zero-order valence-electron chi connectivity index (χ0n) is 45.6. The monoisotopic (exact) mass is 1370 g/mol. The molecule has 0 amide bonds. The number of halogens is 5. The molecule has 1 aliphatic rings. The molecular weight excluding hydrogens is 1320 g/mol. The fourth-order valence-corrected chi connectivity index (χ4v) is 11.8. The van der Waals surface area contributed by atoms with Crippen LogP contribution in [0, 0.1) is 15.2 Å². The number of ketones is 2. The first-order valence-corrected chi connectivity index (χ1v) is 31.0. The van der Waals surface area contributed by atoms with Crippen LogP contribution in [0.4, 0.5) is 20.2 Å². The lowest BCUT2D eigenvalue weighted by molar-refractivity contribution is 0.00578. The molecule has 4 aromatic carbocycles. The van der Waals surface area contributed by atoms with Gasteiger partial charge in [0, 0.05) is 107 Å². The van der Waals surface area contributed by atoms with Crippen LogP contribution >= 0.6 is 54.5 Å². The van der Waals surface area contributed by atoms with Crippen molar-refractivity contribution in [1.82, 2.24) is 9.13 Å². The topological polar surface area (TPSA) is 198 Å². The van der Waals surface area contributed by atoms with Gasteiger partial charge in [-0.25, -0.2) is 25.6 Å². The van der Waals surface area contributed by atoms with E-state index >= 15 is 0 Å². The van der Waals surface area contributed by atoms with Gasteiger partial charge in [-0.3, -0.25) is 27.8 Å². The molecular formula is C56H56BBr2F2IN4O12S2. The van der Waals surface area contributed by atoms with E-state index in [2.05, 4.69) is 31.9 Å². The second kappa shape index (κ2) is 23.6. The van der Waals surface area contributed by atoms with E-state index in [-0.39, 0.29) is 63.7 Å². The number of hydrogen-bond donors (Lipinski definition) is 0. The minimum Gasteiger partial charge on any atom is -0.455 e. The van der Waals surface area contributed by atoms with Gasteiger partial charge in [-0.1, -0.05) is 13.8 Å². The Labute approximate surface area is 492 Å². The Morgan fingerprint density at radius 3 is 1.45 bits per heavy atom. The molecule has 4 aromatic heterocycles. The Morgan fingerprint density at radius 1 is 0.625 bits per heavy atom. The molecule has 1 aliphatic heterocycles. The number of furan rings is 2. The third-order valence-electron chi connectivity index (χ3n) is 13.8. The Bertz CT molecular complexity index is 4070. The lowest BCUT2D eigenvalue weighted by atomic mass is 9.76. The molecule has 0 N–H and O–H groups in total. The molecule has 0 radical (unpaired) electrons. The smallest absolute Gasteiger partial charge is 0.455 e. The number of hydrogen-bond acceptors (Lipinski definition) is 12. The Kier molecular flexibility index (Phi) is 18.2. The number of carbonyl (C=O) groups is 2. The van der Waals surface area contributed by atoms with Gasteiger partial charge >= 0.3 is 7.12 Å². The molecule has 8 aromatic rings. The lowest BCUT2D eigenvalue weighted by Gasteiger charge is -2.32. The van der Waals surface area contributed by atoms with Gasteiger partial charge in [0.05, 0.1) is 55.3 Å². The third kappa shape index (κ3) is 12.8. The number of aromatic nitrogens is 2. The molecule has 5 heterocycles. The minimum atomic E-state index is -3.71. The van der Waals surface area contributed by atoms with Crippen molar-refractivity contribution in [3.63, 3.8) is 0 Å². The average molecular weight is 1380 g/mol. The summed E-state index contributed by atoms with van der Waals surface area (Å²) in [7, 11) is -2.09. The molecule has 80 heavy (non-hydrogen) atoms. The van der Waals surface area contributed by atoms with Gasteiger partial charge in [0.1, 0.15) is 34.3 Å². The maximum absolute atomic E-state index is 13.5. The molecule has 422 valence electrons. The van der Waals surface area contributed by atoms with Crippen molar-refractivity contribution in [2.24, 2.45) is 14.1 Å². The van der Waals surface area contributed by atoms with Crippen molar-refractivity contribution in [2.75, 3.05) is 35.2 Å². The molecule has 16 nitrogen and oxygen atoms in total. The van der Waals surface area contributed by atoms with E-state index < -0.39 is 50.0 Å². The standard InChI is InChI=1S/C25H29BFNO6S.C25H22BrFN2O5S.C6H5BrINO/c1-8-20(29)22-17-13-18(26-33-24(2,3)25(4,5)34-26)19(28(6)35(7,30)31)14-21(17)32-23(22)15-9-11-16(27)12-10-15;1-5-21(30)23-19-11-17(18-10-15(26)13-28(2)25(18)31)20(29(3)35(4,32)33)12-22(19)34-24(23)14-6-8-16(27)9-7-14;1-9-3-4(7)2-5(8)6(9)10/h9-14H,8H2,1-7H3;6-13H,5H2,1-4H3;2-3H,1H3. The molecule has 0 atom stereocenters. The Hall–Kier alpha value is -5.77. The number of pyridine rings is 2. The highest BCUT2D eigenvalue weighted by molar-refractivity contribution is 14.1. The third-order valence-corrected chi connectivity index (χ3v) is 17.8. The van der Waals surface area contributed by atoms with Gasteiger partial charge in [0.2, 0.25) is 20.0 Å². The van der Waals surface area contributed by atoms with Gasteiger partial charge in [-0.2, -0.15) is 0 Å². The van der Waals surface area contributed by atoms with Crippen LogP contribution in [0.3, 0.4) is 0 Å². The largest absolute Gasteiger partial charge is 0.497 e. The minimum absolute atomic E-state index is 0.0452. The molecule has 1 saturated heterocycles. The molecule has 24 heteroatoms. The summed E-state index contributed by atoms with van der Waals surface area (Å²) in [4.78, 5) is 50.2. The highest BCUT2D eigenvalue weighted by atomic mass is 127. The Balaban J connectivity index is 0.000000197. The molecule has 9 rings (SSSR count). The lowest BCUT2D eigenvalue weighted by Crippen LogP contribution is -2.41. The number of nitrogens with zero attached hydrogens (tertiary/aromatic N) is 4. The van der Waals surface area contributed by atoms with Crippen molar-refractivity contribution in [1.29, 1.82) is 0 Å². The number of sulfonamides is 2. The second-order valence-corrected chi connectivity index (χ2v) is 26.9. The average Bonchev–Trinajstić information content (AvgIpc) is 4.20. The summed E-state index contributed by atoms with van der Waals surface area (Å²) in [6, 6.07) is 21.0. The number of Topliss-reactive ketones (excluding diaryl/α,β-unsaturated/α-hetero) is 2. The first-order valence-electron chi connectivity index (χ1n) is 24.6. The first-order chi connectivity index (χ1) is 37.2. The molecule has 0 unspecified atom stereocenters. The zero-order chi connectivity index (χ0) is 59.3. The number of fused-ring (bicyclic) bond motifs is 2. The van der Waals surface area contributed by atoms with Crippen LogP contribution < -0.4 is 25.2 Å². The van der Waals surface area contributed by atoms with E-state index in [0.29, 0.717) is 60.0 Å². The number of aryl methyl sites for hydroxylation is 2. The molecule has 0 saturated carbocycles. The molecule has 0 spiro atoms. The second-order valence-electron chi connectivity index (χ2n) is 19.9. The van der Waals surface area contributed by atoms with E-state index in [4.69, 9.17) is 18.1 Å². The summed E-state index contributed by atoms with van der Waals surface area (Å²) >= 11 is 8.68. The van der Waals surface area contributed by atoms with Gasteiger partial charge in [0.25, 0.3) is 11.1 Å². The zero-order valence-corrected chi connectivity index (χ0v) is 52.6. The molecule has 0 bridgehead atoms. The summed E-state index contributed by atoms with van der Waals surface area (Å²) in [5.74, 6) is -0.663. The van der Waals surface area contributed by atoms with Crippen LogP contribution in [0.25, 0.3) is 55.7 Å². The predicted octanol–water partition coefficient (Wildman–Crippen LogP) is 11.6. The number of benzene rings is 4. The van der Waals surface area contributed by atoms with E-state index in [1.165, 1.54) is 73.3 Å². The normalized spacial score (nSPS) is 13.9. The summed E-state index contributed by atoms with van der Waals surface area (Å²) in [5, 5.41) is 0.936. The van der Waals surface area contributed by atoms with Crippen molar-refractivity contribution in [3.05, 3.63) is 153 Å².